The van der Waals surface area contributed by atoms with Gasteiger partial charge in [-0.1, -0.05) is 13.3 Å². The van der Waals surface area contributed by atoms with Crippen LogP contribution >= 0.6 is 0 Å². The summed E-state index contributed by atoms with van der Waals surface area (Å²) in [7, 11) is 1.20. The molecule has 0 aliphatic rings. The van der Waals surface area contributed by atoms with Crippen LogP contribution in [0, 0.1) is 10.1 Å². The molecule has 0 spiro atoms. The molecule has 9 nitrogen and oxygen atoms in total. The van der Waals surface area contributed by atoms with Crippen LogP contribution in [0.1, 0.15) is 37.0 Å². The molecule has 0 heterocycles. The third-order valence-electron chi connectivity index (χ3n) is 3.17. The molecule has 0 saturated carbocycles. The second-order valence-electron chi connectivity index (χ2n) is 4.98. The maximum Gasteiger partial charge on any atom is 0.338 e. The van der Waals surface area contributed by atoms with Gasteiger partial charge in [-0.15, -0.1) is 0 Å². The molecule has 0 atom stereocenters. The Kier molecular flexibility index (Phi) is 8.17. The van der Waals surface area contributed by atoms with Crippen molar-refractivity contribution in [3.63, 3.8) is 0 Å². The predicted octanol–water partition coefficient (Wildman–Crippen LogP) is 2.54. The lowest BCUT2D eigenvalue weighted by molar-refractivity contribution is -0.385. The first-order valence-electron chi connectivity index (χ1n) is 7.87. The van der Waals surface area contributed by atoms with Crippen LogP contribution in [0.4, 0.5) is 11.4 Å². The van der Waals surface area contributed by atoms with Gasteiger partial charge in [0.2, 0.25) is 0 Å². The molecule has 0 unspecified atom stereocenters. The van der Waals surface area contributed by atoms with Gasteiger partial charge in [0, 0.05) is 6.07 Å². The Labute approximate surface area is 145 Å². The van der Waals surface area contributed by atoms with Gasteiger partial charge in [0.15, 0.2) is 5.75 Å². The molecule has 1 N–H and O–H groups in total. The average Bonchev–Trinajstić information content (AvgIpc) is 2.59. The summed E-state index contributed by atoms with van der Waals surface area (Å²) in [6.07, 6.45) is 1.55. The molecule has 0 amide bonds. The number of ether oxygens (including phenoxy) is 3. The monoisotopic (exact) mass is 354 g/mol. The van der Waals surface area contributed by atoms with Crippen molar-refractivity contribution in [3.05, 3.63) is 27.8 Å². The quantitative estimate of drug-likeness (QED) is 0.295. The van der Waals surface area contributed by atoms with Crippen molar-refractivity contribution in [1.82, 2.24) is 0 Å². The van der Waals surface area contributed by atoms with Crippen molar-refractivity contribution in [3.8, 4) is 5.75 Å². The van der Waals surface area contributed by atoms with E-state index >= 15 is 0 Å². The largest absolute Gasteiger partial charge is 0.487 e. The number of hydrogen-bond donors (Lipinski definition) is 1. The van der Waals surface area contributed by atoms with E-state index in [2.05, 4.69) is 10.1 Å². The molecule has 0 aliphatic heterocycles. The summed E-state index contributed by atoms with van der Waals surface area (Å²) in [5, 5.41) is 14.1. The molecule has 0 aromatic heterocycles. The van der Waals surface area contributed by atoms with E-state index in [1.165, 1.54) is 19.2 Å². The normalized spacial score (nSPS) is 10.0. The highest BCUT2D eigenvalue weighted by atomic mass is 16.6. The van der Waals surface area contributed by atoms with Crippen LogP contribution < -0.4 is 10.1 Å². The van der Waals surface area contributed by atoms with E-state index < -0.39 is 16.9 Å². The fraction of sp³-hybridized carbons (Fsp3) is 0.500. The highest BCUT2D eigenvalue weighted by molar-refractivity contribution is 5.93. The van der Waals surface area contributed by atoms with Crippen molar-refractivity contribution in [2.24, 2.45) is 0 Å². The third-order valence-corrected chi connectivity index (χ3v) is 3.17. The van der Waals surface area contributed by atoms with E-state index in [-0.39, 0.29) is 42.4 Å². The molecule has 0 aliphatic carbocycles. The second kappa shape index (κ2) is 10.1. The first-order chi connectivity index (χ1) is 11.9. The van der Waals surface area contributed by atoms with Gasteiger partial charge < -0.3 is 19.5 Å². The molecule has 9 heteroatoms. The van der Waals surface area contributed by atoms with Gasteiger partial charge in [-0.25, -0.2) is 4.79 Å². The first-order valence-corrected chi connectivity index (χ1v) is 7.87. The number of nitrogens with zero attached hydrogens (tertiary/aromatic N) is 1. The Morgan fingerprint density at radius 3 is 2.56 bits per heavy atom. The number of carbonyl (C=O) groups excluding carboxylic acids is 2. The van der Waals surface area contributed by atoms with Gasteiger partial charge in [0.25, 0.3) is 0 Å². The van der Waals surface area contributed by atoms with E-state index in [4.69, 9.17) is 9.47 Å². The maximum absolute atomic E-state index is 12.0. The number of methoxy groups -OCH3 is 1. The molecule has 0 radical (unpaired) electrons. The summed E-state index contributed by atoms with van der Waals surface area (Å²) in [5.41, 5.74) is -0.285. The topological polar surface area (TPSA) is 117 Å². The smallest absolute Gasteiger partial charge is 0.338 e. The zero-order valence-electron chi connectivity index (χ0n) is 14.5. The molecule has 0 saturated heterocycles. The van der Waals surface area contributed by atoms with Crippen molar-refractivity contribution in [1.29, 1.82) is 0 Å². The number of rotatable bonds is 10. The fourth-order valence-corrected chi connectivity index (χ4v) is 1.94. The average molecular weight is 354 g/mol. The second-order valence-corrected chi connectivity index (χ2v) is 4.98. The summed E-state index contributed by atoms with van der Waals surface area (Å²) < 4.78 is 14.9. The zero-order valence-corrected chi connectivity index (χ0v) is 14.5. The molecule has 138 valence electrons. The number of nitrogens with one attached hydrogen (secondary N) is 1. The van der Waals surface area contributed by atoms with Gasteiger partial charge in [-0.3, -0.25) is 14.9 Å². The lowest BCUT2D eigenvalue weighted by Crippen LogP contribution is -2.17. The predicted molar refractivity (Wildman–Crippen MR) is 90.0 cm³/mol. The van der Waals surface area contributed by atoms with E-state index in [1.807, 2.05) is 6.92 Å². The molecular weight excluding hydrogens is 332 g/mol. The molecule has 1 aromatic rings. The number of esters is 2. The van der Waals surface area contributed by atoms with Gasteiger partial charge in [0.1, 0.15) is 12.2 Å². The number of carbonyl (C=O) groups is 2. The van der Waals surface area contributed by atoms with Crippen LogP contribution in [0.25, 0.3) is 0 Å². The van der Waals surface area contributed by atoms with E-state index in [1.54, 1.807) is 6.92 Å². The molecular formula is C16H22N2O7. The molecule has 25 heavy (non-hydrogen) atoms. The van der Waals surface area contributed by atoms with Crippen molar-refractivity contribution < 1.29 is 28.7 Å². The van der Waals surface area contributed by atoms with Crippen LogP contribution in [-0.2, 0) is 14.3 Å². The van der Waals surface area contributed by atoms with E-state index in [0.717, 1.165) is 6.42 Å². The van der Waals surface area contributed by atoms with Crippen LogP contribution in [0.3, 0.4) is 0 Å². The Morgan fingerprint density at radius 2 is 2.00 bits per heavy atom. The standard InChI is InChI=1S/C16H22N2O7/c1-4-6-7-25-13-9-11(16(20)24-5-2)8-12(15(13)18(21)22)17-10-14(19)23-3/h8-9,17H,4-7,10H2,1-3H3. The Balaban J connectivity index is 3.28. The van der Waals surface area contributed by atoms with E-state index in [9.17, 15) is 19.7 Å². The zero-order chi connectivity index (χ0) is 18.8. The summed E-state index contributed by atoms with van der Waals surface area (Å²) in [6.45, 7) is 3.74. The Bertz CT molecular complexity index is 631. The highest BCUT2D eigenvalue weighted by Gasteiger charge is 2.25. The number of unbranched alkanes of at least 4 members (excludes halogenated alkanes) is 1. The molecule has 0 fully saturated rings. The number of nitro benzene ring substituents is 1. The Morgan fingerprint density at radius 1 is 1.28 bits per heavy atom. The summed E-state index contributed by atoms with van der Waals surface area (Å²) >= 11 is 0. The van der Waals surface area contributed by atoms with Gasteiger partial charge in [-0.2, -0.15) is 0 Å². The van der Waals surface area contributed by atoms with Crippen LogP contribution in [-0.4, -0.2) is 43.7 Å². The third kappa shape index (κ3) is 5.94. The summed E-state index contributed by atoms with van der Waals surface area (Å²) in [6, 6.07) is 2.53. The Hall–Kier alpha value is -2.84. The van der Waals surface area contributed by atoms with E-state index in [0.29, 0.717) is 6.42 Å². The van der Waals surface area contributed by atoms with Crippen molar-refractivity contribution in [2.75, 3.05) is 32.2 Å². The van der Waals surface area contributed by atoms with Crippen LogP contribution in [0.15, 0.2) is 12.1 Å². The minimum Gasteiger partial charge on any atom is -0.487 e. The maximum atomic E-state index is 12.0. The number of nitro groups is 1. The SMILES string of the molecule is CCCCOc1cc(C(=O)OCC)cc(NCC(=O)OC)c1[N+](=O)[O-]. The number of anilines is 1. The van der Waals surface area contributed by atoms with Crippen LogP contribution in [0.5, 0.6) is 5.75 Å². The van der Waals surface area contributed by atoms with Crippen molar-refractivity contribution >= 4 is 23.3 Å². The summed E-state index contributed by atoms with van der Waals surface area (Å²) in [4.78, 5) is 34.1. The highest BCUT2D eigenvalue weighted by Crippen LogP contribution is 2.37. The van der Waals surface area contributed by atoms with Gasteiger partial charge >= 0.3 is 17.6 Å². The number of hydrogen-bond acceptors (Lipinski definition) is 8. The van der Waals surface area contributed by atoms with Crippen molar-refractivity contribution in [2.45, 2.75) is 26.7 Å². The van der Waals surface area contributed by atoms with Gasteiger partial charge in [-0.05, 0) is 19.4 Å². The minimum atomic E-state index is -0.640. The van der Waals surface area contributed by atoms with Crippen LogP contribution in [0.2, 0.25) is 0 Å². The fourth-order valence-electron chi connectivity index (χ4n) is 1.94. The minimum absolute atomic E-state index is 0.0209. The summed E-state index contributed by atoms with van der Waals surface area (Å²) in [5.74, 6) is -1.31. The molecule has 0 bridgehead atoms. The first kappa shape index (κ1) is 20.2. The lowest BCUT2D eigenvalue weighted by atomic mass is 10.1. The lowest BCUT2D eigenvalue weighted by Gasteiger charge is -2.13. The molecule has 1 aromatic carbocycles. The molecule has 1 rings (SSSR count). The van der Waals surface area contributed by atoms with Gasteiger partial charge in [0.05, 0.1) is 30.8 Å². The number of benzene rings is 1.